The zero-order valence-corrected chi connectivity index (χ0v) is 12.0. The summed E-state index contributed by atoms with van der Waals surface area (Å²) in [7, 11) is 0. The van der Waals surface area contributed by atoms with E-state index in [1.807, 2.05) is 6.92 Å². The number of benzene rings is 1. The number of halogens is 2. The van der Waals surface area contributed by atoms with Crippen LogP contribution in [0.1, 0.15) is 50.4 Å². The molecule has 19 heavy (non-hydrogen) atoms. The van der Waals surface area contributed by atoms with Crippen molar-refractivity contribution in [1.29, 1.82) is 0 Å². The fourth-order valence-electron chi connectivity index (χ4n) is 2.77. The minimum absolute atomic E-state index is 0.169. The van der Waals surface area contributed by atoms with E-state index in [4.69, 9.17) is 11.6 Å². The highest BCUT2D eigenvalue weighted by atomic mass is 35.5. The number of fused-ring (bicyclic) bond motifs is 1. The smallest absolute Gasteiger partial charge is 0.127 e. The summed E-state index contributed by atoms with van der Waals surface area (Å²) in [5.74, 6) is 1.44. The summed E-state index contributed by atoms with van der Waals surface area (Å²) in [6.07, 6.45) is 3.76. The standard InChI is InChI=1S/C15H18ClFN2/c1-9(7-11-3-4-11)19-14-8-12(17)5-6-13(14)18-15(19)10(2)16/h5-6,8-11H,3-4,7H2,1-2H3. The second-order valence-corrected chi connectivity index (χ2v) is 6.27. The van der Waals surface area contributed by atoms with Crippen LogP contribution in [0.4, 0.5) is 4.39 Å². The van der Waals surface area contributed by atoms with Gasteiger partial charge in [-0.15, -0.1) is 11.6 Å². The SMILES string of the molecule is CC(Cl)c1nc2ccc(F)cc2n1C(C)CC1CC1. The normalized spacial score (nSPS) is 18.7. The largest absolute Gasteiger partial charge is 0.324 e. The Hall–Kier alpha value is -1.09. The van der Waals surface area contributed by atoms with E-state index in [0.717, 1.165) is 29.2 Å². The second-order valence-electron chi connectivity index (χ2n) is 5.62. The summed E-state index contributed by atoms with van der Waals surface area (Å²) in [6.45, 7) is 4.09. The highest BCUT2D eigenvalue weighted by Crippen LogP contribution is 2.39. The first-order chi connectivity index (χ1) is 9.06. The molecule has 2 aromatic rings. The van der Waals surface area contributed by atoms with Gasteiger partial charge in [0, 0.05) is 6.04 Å². The number of hydrogen-bond acceptors (Lipinski definition) is 1. The van der Waals surface area contributed by atoms with Gasteiger partial charge in [-0.1, -0.05) is 12.8 Å². The van der Waals surface area contributed by atoms with Crippen LogP contribution in [0.2, 0.25) is 0 Å². The number of rotatable bonds is 4. The molecule has 102 valence electrons. The molecule has 1 saturated carbocycles. The van der Waals surface area contributed by atoms with Gasteiger partial charge in [-0.05, 0) is 44.4 Å². The molecule has 2 unspecified atom stereocenters. The molecule has 4 heteroatoms. The Morgan fingerprint density at radius 2 is 2.16 bits per heavy atom. The van der Waals surface area contributed by atoms with E-state index in [-0.39, 0.29) is 11.2 Å². The van der Waals surface area contributed by atoms with E-state index >= 15 is 0 Å². The second kappa shape index (κ2) is 4.78. The van der Waals surface area contributed by atoms with E-state index in [1.165, 1.54) is 18.9 Å². The maximum atomic E-state index is 13.5. The van der Waals surface area contributed by atoms with Gasteiger partial charge in [0.15, 0.2) is 0 Å². The molecule has 1 aliphatic rings. The fourth-order valence-corrected chi connectivity index (χ4v) is 2.92. The Balaban J connectivity index is 2.11. The lowest BCUT2D eigenvalue weighted by Gasteiger charge is -2.18. The fraction of sp³-hybridized carbons (Fsp3) is 0.533. The Bertz CT molecular complexity index is 601. The molecule has 1 aromatic heterocycles. The van der Waals surface area contributed by atoms with Gasteiger partial charge in [0.25, 0.3) is 0 Å². The van der Waals surface area contributed by atoms with Crippen molar-refractivity contribution in [2.24, 2.45) is 5.92 Å². The molecular weight excluding hydrogens is 263 g/mol. The van der Waals surface area contributed by atoms with E-state index in [0.29, 0.717) is 6.04 Å². The highest BCUT2D eigenvalue weighted by Gasteiger charge is 2.27. The Morgan fingerprint density at radius 3 is 2.79 bits per heavy atom. The third-order valence-electron chi connectivity index (χ3n) is 3.85. The minimum Gasteiger partial charge on any atom is -0.324 e. The molecule has 0 bridgehead atoms. The van der Waals surface area contributed by atoms with E-state index in [1.54, 1.807) is 12.1 Å². The van der Waals surface area contributed by atoms with Crippen molar-refractivity contribution in [2.45, 2.75) is 44.5 Å². The van der Waals surface area contributed by atoms with Crippen LogP contribution >= 0.6 is 11.6 Å². The molecule has 1 aliphatic carbocycles. The Morgan fingerprint density at radius 1 is 1.42 bits per heavy atom. The summed E-state index contributed by atoms with van der Waals surface area (Å²) in [5, 5.41) is -0.169. The molecule has 2 atom stereocenters. The van der Waals surface area contributed by atoms with Crippen LogP contribution in [0, 0.1) is 11.7 Å². The number of imidazole rings is 1. The third kappa shape index (κ3) is 2.48. The number of nitrogens with zero attached hydrogens (tertiary/aromatic N) is 2. The lowest BCUT2D eigenvalue weighted by Crippen LogP contribution is -2.10. The summed E-state index contributed by atoms with van der Waals surface area (Å²) >= 11 is 6.24. The average Bonchev–Trinajstić information content (AvgIpc) is 3.07. The lowest BCUT2D eigenvalue weighted by molar-refractivity contribution is 0.471. The molecule has 0 N–H and O–H groups in total. The first kappa shape index (κ1) is 12.9. The molecule has 0 spiro atoms. The number of hydrogen-bond donors (Lipinski definition) is 0. The van der Waals surface area contributed by atoms with Crippen molar-refractivity contribution in [3.8, 4) is 0 Å². The predicted molar refractivity (Wildman–Crippen MR) is 76.0 cm³/mol. The van der Waals surface area contributed by atoms with Crippen LogP contribution in [0.15, 0.2) is 18.2 Å². The first-order valence-electron chi connectivity index (χ1n) is 6.87. The monoisotopic (exact) mass is 280 g/mol. The maximum Gasteiger partial charge on any atom is 0.127 e. The summed E-state index contributed by atoms with van der Waals surface area (Å²) < 4.78 is 15.6. The van der Waals surface area contributed by atoms with E-state index in [2.05, 4.69) is 16.5 Å². The number of alkyl halides is 1. The highest BCUT2D eigenvalue weighted by molar-refractivity contribution is 6.20. The van der Waals surface area contributed by atoms with Gasteiger partial charge in [0.1, 0.15) is 11.6 Å². The van der Waals surface area contributed by atoms with E-state index in [9.17, 15) is 4.39 Å². The molecule has 1 aromatic carbocycles. The molecule has 3 rings (SSSR count). The van der Waals surface area contributed by atoms with Gasteiger partial charge in [0.05, 0.1) is 16.4 Å². The van der Waals surface area contributed by atoms with Crippen LogP contribution in [0.3, 0.4) is 0 Å². The Labute approximate surface area is 117 Å². The molecule has 2 nitrogen and oxygen atoms in total. The van der Waals surface area contributed by atoms with Crippen LogP contribution in [0.5, 0.6) is 0 Å². The maximum absolute atomic E-state index is 13.5. The minimum atomic E-state index is -0.221. The topological polar surface area (TPSA) is 17.8 Å². The van der Waals surface area contributed by atoms with Gasteiger partial charge in [-0.25, -0.2) is 9.37 Å². The molecule has 0 radical (unpaired) electrons. The average molecular weight is 281 g/mol. The van der Waals surface area contributed by atoms with Crippen molar-refractivity contribution < 1.29 is 4.39 Å². The summed E-state index contributed by atoms with van der Waals surface area (Å²) in [5.41, 5.74) is 1.68. The first-order valence-corrected chi connectivity index (χ1v) is 7.31. The van der Waals surface area contributed by atoms with Crippen molar-refractivity contribution in [3.63, 3.8) is 0 Å². The van der Waals surface area contributed by atoms with Crippen molar-refractivity contribution in [1.82, 2.24) is 9.55 Å². The number of aromatic nitrogens is 2. The van der Waals surface area contributed by atoms with Crippen molar-refractivity contribution in [2.75, 3.05) is 0 Å². The molecule has 1 fully saturated rings. The zero-order chi connectivity index (χ0) is 13.6. The molecule has 1 heterocycles. The van der Waals surface area contributed by atoms with Gasteiger partial charge < -0.3 is 4.57 Å². The quantitative estimate of drug-likeness (QED) is 0.733. The lowest BCUT2D eigenvalue weighted by atomic mass is 10.1. The molecule has 0 amide bonds. The summed E-state index contributed by atoms with van der Waals surface area (Å²) in [6, 6.07) is 5.06. The van der Waals surface area contributed by atoms with Gasteiger partial charge >= 0.3 is 0 Å². The van der Waals surface area contributed by atoms with Gasteiger partial charge in [0.2, 0.25) is 0 Å². The molecular formula is C15H18ClFN2. The van der Waals surface area contributed by atoms with Crippen molar-refractivity contribution >= 4 is 22.6 Å². The van der Waals surface area contributed by atoms with Crippen molar-refractivity contribution in [3.05, 3.63) is 29.8 Å². The Kier molecular flexibility index (Phi) is 3.25. The molecule has 0 saturated heterocycles. The van der Waals surface area contributed by atoms with Gasteiger partial charge in [-0.2, -0.15) is 0 Å². The van der Waals surface area contributed by atoms with E-state index < -0.39 is 0 Å². The van der Waals surface area contributed by atoms with Gasteiger partial charge in [-0.3, -0.25) is 0 Å². The summed E-state index contributed by atoms with van der Waals surface area (Å²) in [4.78, 5) is 4.57. The van der Waals surface area contributed by atoms with Crippen LogP contribution < -0.4 is 0 Å². The van der Waals surface area contributed by atoms with Crippen LogP contribution in [0.25, 0.3) is 11.0 Å². The third-order valence-corrected chi connectivity index (χ3v) is 4.04. The zero-order valence-electron chi connectivity index (χ0n) is 11.2. The predicted octanol–water partition coefficient (Wildman–Crippen LogP) is 4.84. The molecule has 0 aliphatic heterocycles. The van der Waals surface area contributed by atoms with Crippen LogP contribution in [-0.2, 0) is 0 Å². The van der Waals surface area contributed by atoms with Crippen LogP contribution in [-0.4, -0.2) is 9.55 Å².